The minimum atomic E-state index is -5.05. The van der Waals surface area contributed by atoms with Gasteiger partial charge in [-0.2, -0.15) is 31.4 Å². The van der Waals surface area contributed by atoms with Gasteiger partial charge in [0.05, 0.1) is 16.1 Å². The number of carbonyl (C=O) groups excluding carboxylic acids is 1. The van der Waals surface area contributed by atoms with Gasteiger partial charge in [-0.3, -0.25) is 19.6 Å². The van der Waals surface area contributed by atoms with Gasteiger partial charge >= 0.3 is 18.0 Å². The molecule has 140 valence electrons. The van der Waals surface area contributed by atoms with E-state index in [1.54, 1.807) is 0 Å². The van der Waals surface area contributed by atoms with Crippen molar-refractivity contribution in [2.24, 2.45) is 0 Å². The Morgan fingerprint density at radius 2 is 1.65 bits per heavy atom. The highest BCUT2D eigenvalue weighted by molar-refractivity contribution is 5.90. The monoisotopic (exact) mass is 382 g/mol. The first-order valence-corrected chi connectivity index (χ1v) is 6.62. The number of benzene rings is 1. The Kier molecular flexibility index (Phi) is 4.91. The lowest BCUT2D eigenvalue weighted by Gasteiger charge is -2.14. The summed E-state index contributed by atoms with van der Waals surface area (Å²) in [5, 5.41) is 15.9. The van der Waals surface area contributed by atoms with Gasteiger partial charge in [0, 0.05) is 5.69 Å². The second-order valence-electron chi connectivity index (χ2n) is 5.00. The van der Waals surface area contributed by atoms with Gasteiger partial charge in [0.1, 0.15) is 18.9 Å². The van der Waals surface area contributed by atoms with Crippen molar-refractivity contribution in [2.45, 2.75) is 18.9 Å². The van der Waals surface area contributed by atoms with Crippen molar-refractivity contribution in [3.63, 3.8) is 0 Å². The fourth-order valence-corrected chi connectivity index (χ4v) is 1.91. The molecule has 1 aromatic heterocycles. The van der Waals surface area contributed by atoms with Gasteiger partial charge in [-0.25, -0.2) is 0 Å². The maximum absolute atomic E-state index is 12.7. The van der Waals surface area contributed by atoms with Crippen LogP contribution in [0.5, 0.6) is 0 Å². The van der Waals surface area contributed by atoms with Crippen LogP contribution in [0.1, 0.15) is 11.1 Å². The molecule has 0 aliphatic carbocycles. The van der Waals surface area contributed by atoms with Crippen molar-refractivity contribution in [3.05, 3.63) is 51.8 Å². The Hall–Kier alpha value is -3.12. The molecule has 1 aromatic carbocycles. The molecule has 26 heavy (non-hydrogen) atoms. The number of rotatable bonds is 4. The minimum Gasteiger partial charge on any atom is -0.324 e. The molecule has 2 aromatic rings. The number of aromatic nitrogens is 2. The van der Waals surface area contributed by atoms with E-state index in [2.05, 4.69) is 5.10 Å². The van der Waals surface area contributed by atoms with Crippen molar-refractivity contribution in [3.8, 4) is 0 Å². The van der Waals surface area contributed by atoms with Crippen molar-refractivity contribution in [2.75, 3.05) is 5.32 Å². The number of carbonyl (C=O) groups is 1. The molecule has 0 spiro atoms. The SMILES string of the molecule is O=C(Cn1cc([N+](=O)[O-])cn1)Nc1cc(C(F)(F)F)cc(C(F)(F)F)c1. The number of nitro groups is 1. The van der Waals surface area contributed by atoms with Gasteiger partial charge in [0.25, 0.3) is 0 Å². The van der Waals surface area contributed by atoms with E-state index in [0.717, 1.165) is 17.1 Å². The van der Waals surface area contributed by atoms with Crippen LogP contribution in [-0.4, -0.2) is 20.6 Å². The Labute approximate surface area is 140 Å². The fourth-order valence-electron chi connectivity index (χ4n) is 1.91. The Morgan fingerprint density at radius 3 is 2.08 bits per heavy atom. The number of hydrogen-bond donors (Lipinski definition) is 1. The molecule has 1 amide bonds. The maximum Gasteiger partial charge on any atom is 0.416 e. The Balaban J connectivity index is 2.24. The molecule has 0 aliphatic heterocycles. The second-order valence-corrected chi connectivity index (χ2v) is 5.00. The van der Waals surface area contributed by atoms with E-state index in [9.17, 15) is 41.3 Å². The average molecular weight is 382 g/mol. The van der Waals surface area contributed by atoms with Crippen LogP contribution in [-0.2, 0) is 23.7 Å². The van der Waals surface area contributed by atoms with E-state index in [4.69, 9.17) is 0 Å². The van der Waals surface area contributed by atoms with E-state index in [1.165, 1.54) is 0 Å². The lowest BCUT2D eigenvalue weighted by Crippen LogP contribution is -2.20. The zero-order valence-electron chi connectivity index (χ0n) is 12.4. The van der Waals surface area contributed by atoms with Crippen LogP contribution < -0.4 is 5.32 Å². The predicted octanol–water partition coefficient (Wildman–Crippen LogP) is 3.47. The largest absolute Gasteiger partial charge is 0.416 e. The molecule has 0 bridgehead atoms. The van der Waals surface area contributed by atoms with Crippen LogP contribution in [0.3, 0.4) is 0 Å². The molecule has 13 heteroatoms. The molecule has 0 saturated heterocycles. The highest BCUT2D eigenvalue weighted by Gasteiger charge is 2.37. The van der Waals surface area contributed by atoms with Crippen LogP contribution in [0, 0.1) is 10.1 Å². The topological polar surface area (TPSA) is 90.1 Å². The first-order chi connectivity index (χ1) is 11.9. The minimum absolute atomic E-state index is 0.0769. The summed E-state index contributed by atoms with van der Waals surface area (Å²) >= 11 is 0. The standard InChI is InChI=1S/C13H8F6N4O3/c14-12(15,16)7-1-8(13(17,18)19)3-9(2-7)21-11(24)6-22-5-10(4-20-22)23(25)26/h1-5H,6H2,(H,21,24). The Bertz CT molecular complexity index is 811. The summed E-state index contributed by atoms with van der Waals surface area (Å²) in [5.74, 6) is -1.02. The number of hydrogen-bond acceptors (Lipinski definition) is 4. The van der Waals surface area contributed by atoms with Gasteiger partial charge in [0.2, 0.25) is 5.91 Å². The molecular weight excluding hydrogens is 374 g/mol. The summed E-state index contributed by atoms with van der Waals surface area (Å²) < 4.78 is 77.3. The number of nitrogens with zero attached hydrogens (tertiary/aromatic N) is 3. The molecule has 7 nitrogen and oxygen atoms in total. The van der Waals surface area contributed by atoms with Gasteiger partial charge < -0.3 is 5.32 Å². The van der Waals surface area contributed by atoms with E-state index < -0.39 is 52.2 Å². The molecule has 2 rings (SSSR count). The van der Waals surface area contributed by atoms with E-state index in [-0.39, 0.29) is 6.07 Å². The molecule has 0 fully saturated rings. The fraction of sp³-hybridized carbons (Fsp3) is 0.231. The third-order valence-corrected chi connectivity index (χ3v) is 3.01. The zero-order valence-corrected chi connectivity index (χ0v) is 12.4. The van der Waals surface area contributed by atoms with Crippen LogP contribution >= 0.6 is 0 Å². The molecule has 1 N–H and O–H groups in total. The van der Waals surface area contributed by atoms with Crippen LogP contribution in [0.25, 0.3) is 0 Å². The maximum atomic E-state index is 12.7. The molecular formula is C13H8F6N4O3. The summed E-state index contributed by atoms with van der Waals surface area (Å²) in [6.07, 6.45) is -8.39. The first kappa shape index (κ1) is 19.2. The number of nitrogens with one attached hydrogen (secondary N) is 1. The number of alkyl halides is 6. The quantitative estimate of drug-likeness (QED) is 0.498. The normalized spacial score (nSPS) is 12.1. The molecule has 0 radical (unpaired) electrons. The summed E-state index contributed by atoms with van der Waals surface area (Å²) in [6.45, 7) is -0.647. The summed E-state index contributed by atoms with van der Waals surface area (Å²) in [6, 6.07) is 0.615. The first-order valence-electron chi connectivity index (χ1n) is 6.62. The van der Waals surface area contributed by atoms with Crippen LogP contribution in [0.2, 0.25) is 0 Å². The van der Waals surface area contributed by atoms with Crippen molar-refractivity contribution in [1.29, 1.82) is 0 Å². The second kappa shape index (κ2) is 6.65. The highest BCUT2D eigenvalue weighted by Crippen LogP contribution is 2.37. The van der Waals surface area contributed by atoms with Gasteiger partial charge in [-0.1, -0.05) is 0 Å². The van der Waals surface area contributed by atoms with E-state index in [0.29, 0.717) is 12.1 Å². The lowest BCUT2D eigenvalue weighted by atomic mass is 10.1. The van der Waals surface area contributed by atoms with E-state index in [1.807, 2.05) is 5.32 Å². The number of halogens is 6. The predicted molar refractivity (Wildman–Crippen MR) is 74.0 cm³/mol. The summed E-state index contributed by atoms with van der Waals surface area (Å²) in [4.78, 5) is 21.5. The number of anilines is 1. The summed E-state index contributed by atoms with van der Waals surface area (Å²) in [5.41, 5.74) is -4.33. The van der Waals surface area contributed by atoms with Crippen molar-refractivity contribution < 1.29 is 36.1 Å². The van der Waals surface area contributed by atoms with Gasteiger partial charge in [-0.05, 0) is 18.2 Å². The summed E-state index contributed by atoms with van der Waals surface area (Å²) in [7, 11) is 0. The van der Waals surface area contributed by atoms with Gasteiger partial charge in [-0.15, -0.1) is 0 Å². The third kappa shape index (κ3) is 4.70. The van der Waals surface area contributed by atoms with Crippen molar-refractivity contribution in [1.82, 2.24) is 9.78 Å². The highest BCUT2D eigenvalue weighted by atomic mass is 19.4. The Morgan fingerprint density at radius 1 is 1.12 bits per heavy atom. The number of amides is 1. The molecule has 0 unspecified atom stereocenters. The molecule has 0 atom stereocenters. The van der Waals surface area contributed by atoms with E-state index >= 15 is 0 Å². The van der Waals surface area contributed by atoms with Gasteiger partial charge in [0.15, 0.2) is 0 Å². The lowest BCUT2D eigenvalue weighted by molar-refractivity contribution is -0.385. The molecule has 0 saturated carbocycles. The molecule has 0 aliphatic rings. The third-order valence-electron chi connectivity index (χ3n) is 3.01. The zero-order chi connectivity index (χ0) is 19.7. The smallest absolute Gasteiger partial charge is 0.324 e. The molecule has 1 heterocycles. The van der Waals surface area contributed by atoms with Crippen molar-refractivity contribution >= 4 is 17.3 Å². The average Bonchev–Trinajstić information content (AvgIpc) is 2.93. The van der Waals surface area contributed by atoms with Crippen LogP contribution in [0.15, 0.2) is 30.6 Å². The van der Waals surface area contributed by atoms with Crippen LogP contribution in [0.4, 0.5) is 37.7 Å².